The first kappa shape index (κ1) is 23.4. The van der Waals surface area contributed by atoms with E-state index in [-0.39, 0.29) is 29.4 Å². The monoisotopic (exact) mass is 475 g/mol. The van der Waals surface area contributed by atoms with Gasteiger partial charge in [-0.05, 0) is 25.5 Å². The molecule has 0 atom stereocenters. The molecule has 0 aliphatic heterocycles. The molecule has 2 heterocycles. The molecule has 0 aliphatic rings. The number of halogens is 4. The second-order valence-corrected chi connectivity index (χ2v) is 9.74. The van der Waals surface area contributed by atoms with E-state index < -0.39 is 28.7 Å². The fraction of sp³-hybridized carbons (Fsp3) is 0.421. The second kappa shape index (κ2) is 8.36. The zero-order chi connectivity index (χ0) is 23.1. The zero-order valence-corrected chi connectivity index (χ0v) is 18.6. The first-order chi connectivity index (χ1) is 14.3. The molecule has 0 amide bonds. The number of imidazole rings is 1. The Labute approximate surface area is 184 Å². The Hall–Kier alpha value is -2.24. The summed E-state index contributed by atoms with van der Waals surface area (Å²) in [5.74, 6) is 0. The summed E-state index contributed by atoms with van der Waals surface area (Å²) >= 11 is 7.48. The van der Waals surface area contributed by atoms with Gasteiger partial charge in [-0.15, -0.1) is 0 Å². The fourth-order valence-electron chi connectivity index (χ4n) is 2.97. The van der Waals surface area contributed by atoms with Crippen molar-refractivity contribution in [1.82, 2.24) is 18.7 Å². The van der Waals surface area contributed by atoms with Crippen LogP contribution in [0.3, 0.4) is 0 Å². The molecule has 0 radical (unpaired) electrons. The van der Waals surface area contributed by atoms with Crippen LogP contribution in [-0.2, 0) is 20.1 Å². The summed E-state index contributed by atoms with van der Waals surface area (Å²) in [7, 11) is 1.14. The van der Waals surface area contributed by atoms with Crippen LogP contribution in [0.15, 0.2) is 39.0 Å². The van der Waals surface area contributed by atoms with Gasteiger partial charge < -0.3 is 10.3 Å². The number of fused-ring (bicyclic) bond motifs is 1. The number of thioether (sulfide) groups is 1. The van der Waals surface area contributed by atoms with Crippen LogP contribution in [0.5, 0.6) is 0 Å². The standard InChI is InChI=1S/C19H21ClF3N5O2S/c1-18(2,9-24)31-16-25-14-13(27(16)8-11-6-4-5-7-12(11)20)15(29)26(3)17(30)28(14)10-19(21,22)23/h4-7H,8-10,24H2,1-3H3. The van der Waals surface area contributed by atoms with Crippen molar-refractivity contribution in [3.05, 3.63) is 55.7 Å². The van der Waals surface area contributed by atoms with E-state index in [9.17, 15) is 22.8 Å². The van der Waals surface area contributed by atoms with Crippen LogP contribution < -0.4 is 17.0 Å². The summed E-state index contributed by atoms with van der Waals surface area (Å²) < 4.78 is 41.7. The van der Waals surface area contributed by atoms with Crippen molar-refractivity contribution in [1.29, 1.82) is 0 Å². The summed E-state index contributed by atoms with van der Waals surface area (Å²) in [5.41, 5.74) is 4.20. The lowest BCUT2D eigenvalue weighted by Gasteiger charge is -2.21. The van der Waals surface area contributed by atoms with E-state index in [4.69, 9.17) is 17.3 Å². The third kappa shape index (κ3) is 4.83. The minimum Gasteiger partial charge on any atom is -0.329 e. The van der Waals surface area contributed by atoms with Gasteiger partial charge in [-0.25, -0.2) is 9.78 Å². The number of hydrogen-bond donors (Lipinski definition) is 1. The third-order valence-electron chi connectivity index (χ3n) is 4.68. The molecule has 12 heteroatoms. The van der Waals surface area contributed by atoms with Crippen molar-refractivity contribution >= 4 is 34.5 Å². The van der Waals surface area contributed by atoms with Crippen molar-refractivity contribution in [2.75, 3.05) is 6.54 Å². The topological polar surface area (TPSA) is 87.8 Å². The molecule has 0 bridgehead atoms. The Morgan fingerprint density at radius 3 is 2.39 bits per heavy atom. The highest BCUT2D eigenvalue weighted by Gasteiger charge is 2.32. The number of nitrogens with two attached hydrogens (primary N) is 1. The highest BCUT2D eigenvalue weighted by Crippen LogP contribution is 2.34. The van der Waals surface area contributed by atoms with Gasteiger partial charge in [0, 0.05) is 23.4 Å². The van der Waals surface area contributed by atoms with Crippen LogP contribution in [0.25, 0.3) is 11.2 Å². The third-order valence-corrected chi connectivity index (χ3v) is 6.26. The minimum absolute atomic E-state index is 0.0820. The van der Waals surface area contributed by atoms with Gasteiger partial charge >= 0.3 is 11.9 Å². The molecule has 1 aromatic carbocycles. The molecule has 2 aromatic heterocycles. The van der Waals surface area contributed by atoms with Gasteiger partial charge in [-0.1, -0.05) is 41.6 Å². The van der Waals surface area contributed by atoms with Gasteiger partial charge in [0.15, 0.2) is 16.3 Å². The minimum atomic E-state index is -4.68. The number of alkyl halides is 3. The van der Waals surface area contributed by atoms with E-state index >= 15 is 0 Å². The molecular weight excluding hydrogens is 455 g/mol. The Kier molecular flexibility index (Phi) is 6.32. The van der Waals surface area contributed by atoms with Crippen LogP contribution in [-0.4, -0.2) is 36.2 Å². The normalized spacial score (nSPS) is 12.6. The lowest BCUT2D eigenvalue weighted by Crippen LogP contribution is -2.41. The molecule has 2 N–H and O–H groups in total. The Morgan fingerprint density at radius 2 is 1.81 bits per heavy atom. The molecule has 7 nitrogen and oxygen atoms in total. The van der Waals surface area contributed by atoms with Crippen molar-refractivity contribution in [2.45, 2.75) is 43.0 Å². The highest BCUT2D eigenvalue weighted by molar-refractivity contribution is 8.00. The number of benzene rings is 1. The zero-order valence-electron chi connectivity index (χ0n) is 17.0. The molecule has 0 fully saturated rings. The van der Waals surface area contributed by atoms with E-state index in [1.54, 1.807) is 24.3 Å². The summed E-state index contributed by atoms with van der Waals surface area (Å²) in [6, 6.07) is 6.91. The van der Waals surface area contributed by atoms with Crippen molar-refractivity contribution in [3.8, 4) is 0 Å². The van der Waals surface area contributed by atoms with Crippen LogP contribution >= 0.6 is 23.4 Å². The Bertz CT molecular complexity index is 1250. The van der Waals surface area contributed by atoms with Gasteiger partial charge in [0.1, 0.15) is 6.54 Å². The van der Waals surface area contributed by atoms with E-state index in [0.717, 1.165) is 7.05 Å². The Morgan fingerprint density at radius 1 is 1.16 bits per heavy atom. The molecule has 3 rings (SSSR count). The van der Waals surface area contributed by atoms with E-state index in [1.165, 1.54) is 16.3 Å². The van der Waals surface area contributed by atoms with Crippen LogP contribution in [0.2, 0.25) is 5.02 Å². The van der Waals surface area contributed by atoms with Gasteiger partial charge in [-0.2, -0.15) is 13.2 Å². The van der Waals surface area contributed by atoms with Crippen LogP contribution in [0, 0.1) is 0 Å². The molecule has 168 valence electrons. The summed E-state index contributed by atoms with van der Waals surface area (Å²) in [5, 5.41) is 0.697. The largest absolute Gasteiger partial charge is 0.406 e. The smallest absolute Gasteiger partial charge is 0.329 e. The maximum Gasteiger partial charge on any atom is 0.406 e. The molecule has 0 unspecified atom stereocenters. The SMILES string of the molecule is Cn1c(=O)c2c(nc(SC(C)(C)CN)n2Cc2ccccc2Cl)n(CC(F)(F)F)c1=O. The average Bonchev–Trinajstić information content (AvgIpc) is 3.02. The summed E-state index contributed by atoms with van der Waals surface area (Å²) in [6.07, 6.45) is -4.68. The van der Waals surface area contributed by atoms with Crippen LogP contribution in [0.4, 0.5) is 13.2 Å². The van der Waals surface area contributed by atoms with Gasteiger partial charge in [-0.3, -0.25) is 13.9 Å². The molecular formula is C19H21ClF3N5O2S. The summed E-state index contributed by atoms with van der Waals surface area (Å²) in [6.45, 7) is 2.46. The fourth-order valence-corrected chi connectivity index (χ4v) is 4.14. The van der Waals surface area contributed by atoms with E-state index in [0.29, 0.717) is 19.7 Å². The van der Waals surface area contributed by atoms with Crippen molar-refractivity contribution in [2.24, 2.45) is 12.8 Å². The molecule has 0 saturated heterocycles. The number of rotatable bonds is 6. The average molecular weight is 476 g/mol. The lowest BCUT2D eigenvalue weighted by atomic mass is 10.2. The summed E-state index contributed by atoms with van der Waals surface area (Å²) in [4.78, 5) is 29.7. The maximum atomic E-state index is 13.2. The number of hydrogen-bond acceptors (Lipinski definition) is 5. The maximum absolute atomic E-state index is 13.2. The van der Waals surface area contributed by atoms with Crippen LogP contribution in [0.1, 0.15) is 19.4 Å². The van der Waals surface area contributed by atoms with Gasteiger partial charge in [0.05, 0.1) is 6.54 Å². The van der Waals surface area contributed by atoms with Gasteiger partial charge in [0.2, 0.25) is 0 Å². The predicted octanol–water partition coefficient (Wildman–Crippen LogP) is 2.99. The molecule has 31 heavy (non-hydrogen) atoms. The molecule has 3 aromatic rings. The van der Waals surface area contributed by atoms with E-state index in [1.807, 2.05) is 13.8 Å². The highest BCUT2D eigenvalue weighted by atomic mass is 35.5. The van der Waals surface area contributed by atoms with Crippen molar-refractivity contribution < 1.29 is 13.2 Å². The first-order valence-electron chi connectivity index (χ1n) is 9.24. The molecule has 0 saturated carbocycles. The number of nitrogens with zero attached hydrogens (tertiary/aromatic N) is 4. The quantitative estimate of drug-likeness (QED) is 0.554. The van der Waals surface area contributed by atoms with Crippen molar-refractivity contribution in [3.63, 3.8) is 0 Å². The predicted molar refractivity (Wildman–Crippen MR) is 115 cm³/mol. The second-order valence-electron chi connectivity index (χ2n) is 7.66. The van der Waals surface area contributed by atoms with E-state index in [2.05, 4.69) is 4.98 Å². The first-order valence-corrected chi connectivity index (χ1v) is 10.4. The number of aromatic nitrogens is 4. The van der Waals surface area contributed by atoms with Gasteiger partial charge in [0.25, 0.3) is 5.56 Å². The Balaban J connectivity index is 2.36. The molecule has 0 spiro atoms. The lowest BCUT2D eigenvalue weighted by molar-refractivity contribution is -0.140. The molecule has 0 aliphatic carbocycles.